The minimum absolute atomic E-state index is 0.0366. The third-order valence-corrected chi connectivity index (χ3v) is 4.26. The van der Waals surface area contributed by atoms with Crippen LogP contribution in [0.5, 0.6) is 0 Å². The molecule has 0 aliphatic carbocycles. The molecule has 0 atom stereocenters. The van der Waals surface area contributed by atoms with Crippen molar-refractivity contribution < 1.29 is 4.79 Å². The molecule has 0 saturated heterocycles. The minimum Gasteiger partial charge on any atom is -0.309 e. The standard InChI is InChI=1S/C17H24N4OS/c1-13(2)17(22)20(9-6-10-23-4)16-12-21(19-14(16)3)15-7-5-8-18-11-15/h5,7-8,11-13H,6,9-10H2,1-4H3. The van der Waals surface area contributed by atoms with Crippen LogP contribution >= 0.6 is 11.8 Å². The second-order valence-electron chi connectivity index (χ2n) is 5.75. The monoisotopic (exact) mass is 332 g/mol. The zero-order valence-corrected chi connectivity index (χ0v) is 15.0. The van der Waals surface area contributed by atoms with Crippen LogP contribution in [0, 0.1) is 12.8 Å². The van der Waals surface area contributed by atoms with Crippen molar-refractivity contribution in [3.8, 4) is 5.69 Å². The highest BCUT2D eigenvalue weighted by atomic mass is 32.2. The fourth-order valence-corrected chi connectivity index (χ4v) is 2.78. The molecule has 124 valence electrons. The van der Waals surface area contributed by atoms with Crippen LogP contribution in [-0.2, 0) is 4.79 Å². The molecule has 2 aromatic rings. The third kappa shape index (κ3) is 4.34. The topological polar surface area (TPSA) is 51.0 Å². The Morgan fingerprint density at radius 2 is 2.22 bits per heavy atom. The van der Waals surface area contributed by atoms with Gasteiger partial charge < -0.3 is 4.90 Å². The molecule has 2 aromatic heterocycles. The number of carbonyl (C=O) groups is 1. The van der Waals surface area contributed by atoms with Crippen molar-refractivity contribution in [2.24, 2.45) is 5.92 Å². The predicted octanol–water partition coefficient (Wildman–Crippen LogP) is 3.32. The highest BCUT2D eigenvalue weighted by molar-refractivity contribution is 7.98. The summed E-state index contributed by atoms with van der Waals surface area (Å²) in [6, 6.07) is 3.83. The quantitative estimate of drug-likeness (QED) is 0.730. The van der Waals surface area contributed by atoms with Crippen LogP contribution in [0.2, 0.25) is 0 Å². The zero-order valence-electron chi connectivity index (χ0n) is 14.2. The Morgan fingerprint density at radius 3 is 2.83 bits per heavy atom. The second kappa shape index (κ2) is 8.15. The molecule has 0 bridgehead atoms. The van der Waals surface area contributed by atoms with E-state index in [1.165, 1.54) is 0 Å². The minimum atomic E-state index is -0.0366. The molecule has 0 aromatic carbocycles. The average Bonchev–Trinajstić information content (AvgIpc) is 2.93. The summed E-state index contributed by atoms with van der Waals surface area (Å²) in [6.45, 7) is 6.53. The molecule has 0 fully saturated rings. The smallest absolute Gasteiger partial charge is 0.229 e. The number of anilines is 1. The van der Waals surface area contributed by atoms with E-state index in [1.807, 2.05) is 44.0 Å². The van der Waals surface area contributed by atoms with Gasteiger partial charge >= 0.3 is 0 Å². The second-order valence-corrected chi connectivity index (χ2v) is 6.73. The molecule has 0 unspecified atom stereocenters. The molecule has 0 aliphatic heterocycles. The van der Waals surface area contributed by atoms with Gasteiger partial charge in [-0.15, -0.1) is 0 Å². The van der Waals surface area contributed by atoms with Crippen LogP contribution < -0.4 is 4.90 Å². The van der Waals surface area contributed by atoms with E-state index < -0.39 is 0 Å². The van der Waals surface area contributed by atoms with Gasteiger partial charge in [0.1, 0.15) is 0 Å². The lowest BCUT2D eigenvalue weighted by Gasteiger charge is -2.23. The number of thioether (sulfide) groups is 1. The van der Waals surface area contributed by atoms with E-state index in [2.05, 4.69) is 16.3 Å². The van der Waals surface area contributed by atoms with E-state index in [1.54, 1.807) is 28.8 Å². The highest BCUT2D eigenvalue weighted by Crippen LogP contribution is 2.23. The first kappa shape index (κ1) is 17.5. The lowest BCUT2D eigenvalue weighted by atomic mass is 10.1. The van der Waals surface area contributed by atoms with Crippen molar-refractivity contribution in [2.75, 3.05) is 23.5 Å². The van der Waals surface area contributed by atoms with Crippen molar-refractivity contribution in [3.63, 3.8) is 0 Å². The Bertz CT molecular complexity index is 639. The first-order valence-corrected chi connectivity index (χ1v) is 9.21. The van der Waals surface area contributed by atoms with Gasteiger partial charge in [0, 0.05) is 18.7 Å². The van der Waals surface area contributed by atoms with Gasteiger partial charge in [0.05, 0.1) is 29.5 Å². The van der Waals surface area contributed by atoms with Crippen molar-refractivity contribution >= 4 is 23.4 Å². The molecule has 2 heterocycles. The first-order chi connectivity index (χ1) is 11.0. The van der Waals surface area contributed by atoms with Crippen LogP contribution in [0.25, 0.3) is 5.69 Å². The summed E-state index contributed by atoms with van der Waals surface area (Å²) in [4.78, 5) is 18.6. The van der Waals surface area contributed by atoms with Crippen molar-refractivity contribution in [1.29, 1.82) is 0 Å². The summed E-state index contributed by atoms with van der Waals surface area (Å²) in [7, 11) is 0. The number of pyridine rings is 1. The number of rotatable bonds is 7. The van der Waals surface area contributed by atoms with E-state index in [4.69, 9.17) is 0 Å². The molecule has 5 nitrogen and oxygen atoms in total. The molecule has 2 rings (SSSR count). The molecule has 0 radical (unpaired) electrons. The maximum absolute atomic E-state index is 12.6. The third-order valence-electron chi connectivity index (χ3n) is 3.56. The number of carbonyl (C=O) groups excluding carboxylic acids is 1. The van der Waals surface area contributed by atoms with Gasteiger partial charge in [0.15, 0.2) is 0 Å². The number of amides is 1. The highest BCUT2D eigenvalue weighted by Gasteiger charge is 2.22. The average molecular weight is 332 g/mol. The van der Waals surface area contributed by atoms with Crippen molar-refractivity contribution in [2.45, 2.75) is 27.2 Å². The van der Waals surface area contributed by atoms with Gasteiger partial charge in [0.2, 0.25) is 5.91 Å². The van der Waals surface area contributed by atoms with E-state index in [0.29, 0.717) is 0 Å². The SMILES string of the molecule is CSCCCN(C(=O)C(C)C)c1cn(-c2cccnc2)nc1C. The lowest BCUT2D eigenvalue weighted by Crippen LogP contribution is -2.35. The molecule has 0 spiro atoms. The number of nitrogens with zero attached hydrogens (tertiary/aromatic N) is 4. The van der Waals surface area contributed by atoms with Crippen molar-refractivity contribution in [1.82, 2.24) is 14.8 Å². The molecule has 0 aliphatic rings. The van der Waals surface area contributed by atoms with Gasteiger partial charge in [-0.25, -0.2) is 4.68 Å². The largest absolute Gasteiger partial charge is 0.309 e. The van der Waals surface area contributed by atoms with Crippen LogP contribution in [0.1, 0.15) is 26.0 Å². The molecule has 0 saturated carbocycles. The van der Waals surface area contributed by atoms with Crippen molar-refractivity contribution in [3.05, 3.63) is 36.4 Å². The fourth-order valence-electron chi connectivity index (χ4n) is 2.37. The first-order valence-electron chi connectivity index (χ1n) is 7.81. The van der Waals surface area contributed by atoms with Crippen LogP contribution in [0.3, 0.4) is 0 Å². The maximum Gasteiger partial charge on any atom is 0.229 e. The zero-order chi connectivity index (χ0) is 16.8. The van der Waals surface area contributed by atoms with E-state index >= 15 is 0 Å². The molecule has 23 heavy (non-hydrogen) atoms. The van der Waals surface area contributed by atoms with Gasteiger partial charge in [-0.3, -0.25) is 9.78 Å². The summed E-state index contributed by atoms with van der Waals surface area (Å²) in [5.74, 6) is 1.14. The molecule has 0 N–H and O–H groups in total. The summed E-state index contributed by atoms with van der Waals surface area (Å²) in [6.07, 6.45) is 8.47. The van der Waals surface area contributed by atoms with E-state index in [-0.39, 0.29) is 11.8 Å². The maximum atomic E-state index is 12.6. The van der Waals surface area contributed by atoms with Gasteiger partial charge in [0.25, 0.3) is 0 Å². The van der Waals surface area contributed by atoms with Crippen LogP contribution in [0.15, 0.2) is 30.7 Å². The number of hydrogen-bond donors (Lipinski definition) is 0. The molecule has 6 heteroatoms. The van der Waals surface area contributed by atoms with E-state index in [9.17, 15) is 4.79 Å². The number of aromatic nitrogens is 3. The molecule has 1 amide bonds. The number of hydrogen-bond acceptors (Lipinski definition) is 4. The lowest BCUT2D eigenvalue weighted by molar-refractivity contribution is -0.121. The van der Waals surface area contributed by atoms with Crippen LogP contribution in [-0.4, -0.2) is 39.2 Å². The van der Waals surface area contributed by atoms with Gasteiger partial charge in [-0.05, 0) is 37.5 Å². The summed E-state index contributed by atoms with van der Waals surface area (Å²) in [5, 5.41) is 4.55. The Hall–Kier alpha value is -1.82. The molecular weight excluding hydrogens is 308 g/mol. The van der Waals surface area contributed by atoms with Crippen LogP contribution in [0.4, 0.5) is 5.69 Å². The fraction of sp³-hybridized carbons (Fsp3) is 0.471. The van der Waals surface area contributed by atoms with E-state index in [0.717, 1.165) is 35.8 Å². The summed E-state index contributed by atoms with van der Waals surface area (Å²) in [5.41, 5.74) is 2.63. The Kier molecular flexibility index (Phi) is 6.21. The summed E-state index contributed by atoms with van der Waals surface area (Å²) >= 11 is 1.80. The molecular formula is C17H24N4OS. The summed E-state index contributed by atoms with van der Waals surface area (Å²) < 4.78 is 1.78. The van der Waals surface area contributed by atoms with Gasteiger partial charge in [-0.2, -0.15) is 16.9 Å². The Morgan fingerprint density at radius 1 is 1.43 bits per heavy atom. The Balaban J connectivity index is 2.31. The number of aryl methyl sites for hydroxylation is 1. The normalized spacial score (nSPS) is 11.0. The predicted molar refractivity (Wildman–Crippen MR) is 96.3 cm³/mol. The Labute approximate surface area is 142 Å². The van der Waals surface area contributed by atoms with Gasteiger partial charge in [-0.1, -0.05) is 13.8 Å².